The number of ketones is 1. The fourth-order valence-electron chi connectivity index (χ4n) is 4.53. The van der Waals surface area contributed by atoms with Crippen LogP contribution in [0.15, 0.2) is 72.6 Å². The van der Waals surface area contributed by atoms with Gasteiger partial charge in [-0.1, -0.05) is 18.2 Å². The number of amides is 1. The average molecular weight is 545 g/mol. The fourth-order valence-corrected chi connectivity index (χ4v) is 4.53. The monoisotopic (exact) mass is 544 g/mol. The number of likely N-dealkylation sites (tertiary alicyclic amines) is 1. The van der Waals surface area contributed by atoms with Crippen molar-refractivity contribution >= 4 is 23.4 Å². The van der Waals surface area contributed by atoms with Gasteiger partial charge in [-0.2, -0.15) is 0 Å². The molecule has 0 bridgehead atoms. The van der Waals surface area contributed by atoms with Gasteiger partial charge in [0.1, 0.15) is 17.3 Å². The van der Waals surface area contributed by atoms with Crippen molar-refractivity contribution in [3.63, 3.8) is 0 Å². The summed E-state index contributed by atoms with van der Waals surface area (Å²) in [4.78, 5) is 44.6. The van der Waals surface area contributed by atoms with Gasteiger partial charge in [-0.25, -0.2) is 4.79 Å². The van der Waals surface area contributed by atoms with E-state index >= 15 is 0 Å². The highest BCUT2D eigenvalue weighted by molar-refractivity contribution is 6.46. The van der Waals surface area contributed by atoms with Crippen molar-refractivity contribution in [2.75, 3.05) is 13.2 Å². The second-order valence-corrected chi connectivity index (χ2v) is 9.39. The lowest BCUT2D eigenvalue weighted by molar-refractivity contribution is -0.140. The van der Waals surface area contributed by atoms with E-state index in [9.17, 15) is 19.5 Å². The van der Waals surface area contributed by atoms with Crippen LogP contribution >= 0.6 is 0 Å². The molecule has 208 valence electrons. The average Bonchev–Trinajstić information content (AvgIpc) is 3.18. The molecule has 1 aromatic heterocycles. The zero-order chi connectivity index (χ0) is 28.8. The minimum atomic E-state index is -0.902. The first-order valence-corrected chi connectivity index (χ1v) is 13.1. The van der Waals surface area contributed by atoms with E-state index in [-0.39, 0.29) is 29.5 Å². The van der Waals surface area contributed by atoms with Gasteiger partial charge in [-0.15, -0.1) is 0 Å². The van der Waals surface area contributed by atoms with E-state index in [4.69, 9.17) is 14.2 Å². The van der Waals surface area contributed by atoms with Crippen LogP contribution in [0.3, 0.4) is 0 Å². The Morgan fingerprint density at radius 1 is 1.02 bits per heavy atom. The second-order valence-electron chi connectivity index (χ2n) is 9.39. The van der Waals surface area contributed by atoms with Crippen LogP contribution in [0, 0.1) is 0 Å². The second kappa shape index (κ2) is 12.5. The molecule has 9 nitrogen and oxygen atoms in total. The number of aromatic nitrogens is 1. The third-order valence-electron chi connectivity index (χ3n) is 6.24. The van der Waals surface area contributed by atoms with Gasteiger partial charge < -0.3 is 24.2 Å². The largest absolute Gasteiger partial charge is 0.507 e. The number of hydrogen-bond acceptors (Lipinski definition) is 8. The van der Waals surface area contributed by atoms with Gasteiger partial charge in [-0.05, 0) is 69.2 Å². The molecule has 1 saturated heterocycles. The lowest BCUT2D eigenvalue weighted by atomic mass is 9.95. The van der Waals surface area contributed by atoms with Crippen molar-refractivity contribution in [1.82, 2.24) is 9.88 Å². The first-order valence-electron chi connectivity index (χ1n) is 13.1. The number of rotatable bonds is 10. The number of carbonyl (C=O) groups is 3. The minimum absolute atomic E-state index is 0.0576. The third-order valence-corrected chi connectivity index (χ3v) is 6.24. The van der Waals surface area contributed by atoms with Gasteiger partial charge in [0.15, 0.2) is 0 Å². The van der Waals surface area contributed by atoms with Crippen molar-refractivity contribution in [3.05, 3.63) is 94.8 Å². The quantitative estimate of drug-likeness (QED) is 0.163. The number of aliphatic hydroxyl groups excluding tert-OH is 1. The Balaban J connectivity index is 1.76. The van der Waals surface area contributed by atoms with Crippen LogP contribution in [-0.4, -0.2) is 52.0 Å². The maximum Gasteiger partial charge on any atom is 0.338 e. The van der Waals surface area contributed by atoms with Gasteiger partial charge >= 0.3 is 5.97 Å². The van der Waals surface area contributed by atoms with Crippen molar-refractivity contribution < 1.29 is 33.7 Å². The van der Waals surface area contributed by atoms with E-state index in [0.717, 1.165) is 0 Å². The van der Waals surface area contributed by atoms with Crippen LogP contribution in [0.2, 0.25) is 0 Å². The highest BCUT2D eigenvalue weighted by atomic mass is 16.5. The Bertz CT molecular complexity index is 1420. The summed E-state index contributed by atoms with van der Waals surface area (Å²) >= 11 is 0. The van der Waals surface area contributed by atoms with Crippen LogP contribution < -0.4 is 9.47 Å². The van der Waals surface area contributed by atoms with Gasteiger partial charge in [0, 0.05) is 25.0 Å². The molecular formula is C31H32N2O7. The van der Waals surface area contributed by atoms with E-state index in [2.05, 4.69) is 4.98 Å². The Morgan fingerprint density at radius 2 is 1.75 bits per heavy atom. The Kier molecular flexibility index (Phi) is 8.83. The molecule has 0 radical (unpaired) electrons. The number of Topliss-reactive ketones (excluding diaryl/α,β-unsaturated/α-hetero) is 1. The minimum Gasteiger partial charge on any atom is -0.507 e. The fraction of sp³-hybridized carbons (Fsp3) is 0.290. The van der Waals surface area contributed by atoms with Gasteiger partial charge in [0.2, 0.25) is 0 Å². The number of esters is 1. The van der Waals surface area contributed by atoms with Crippen LogP contribution in [0.4, 0.5) is 0 Å². The number of benzene rings is 2. The molecule has 4 rings (SSSR count). The topological polar surface area (TPSA) is 115 Å². The molecule has 0 saturated carbocycles. The third kappa shape index (κ3) is 5.98. The van der Waals surface area contributed by atoms with E-state index in [0.29, 0.717) is 41.4 Å². The van der Waals surface area contributed by atoms with E-state index in [1.165, 1.54) is 4.90 Å². The van der Waals surface area contributed by atoms with Gasteiger partial charge in [0.05, 0.1) is 42.1 Å². The van der Waals surface area contributed by atoms with Crippen molar-refractivity contribution in [2.24, 2.45) is 0 Å². The molecule has 9 heteroatoms. The molecule has 40 heavy (non-hydrogen) atoms. The van der Waals surface area contributed by atoms with Crippen molar-refractivity contribution in [3.8, 4) is 11.5 Å². The molecule has 1 N–H and O–H groups in total. The number of aliphatic hydroxyl groups is 1. The summed E-state index contributed by atoms with van der Waals surface area (Å²) in [6.07, 6.45) is 2.89. The molecule has 2 aromatic carbocycles. The van der Waals surface area contributed by atoms with E-state index in [1.807, 2.05) is 6.92 Å². The number of hydrogen-bond donors (Lipinski definition) is 1. The predicted molar refractivity (Wildman–Crippen MR) is 148 cm³/mol. The lowest BCUT2D eigenvalue weighted by Crippen LogP contribution is -2.29. The van der Waals surface area contributed by atoms with E-state index < -0.39 is 23.7 Å². The SMILES string of the molecule is CCOc1ccc(/C(O)=C2/C(=O)C(=O)N(Cc3ccc(C(=O)OC(C)C)cc3)C2c2cccnc2)c(OCC)c1. The Morgan fingerprint density at radius 3 is 2.38 bits per heavy atom. The molecule has 0 aliphatic carbocycles. The van der Waals surface area contributed by atoms with Crippen molar-refractivity contribution in [2.45, 2.75) is 46.4 Å². The summed E-state index contributed by atoms with van der Waals surface area (Å²) in [6, 6.07) is 14.1. The van der Waals surface area contributed by atoms with Gasteiger partial charge in [-0.3, -0.25) is 14.6 Å². The van der Waals surface area contributed by atoms with Crippen molar-refractivity contribution in [1.29, 1.82) is 0 Å². The summed E-state index contributed by atoms with van der Waals surface area (Å²) in [7, 11) is 0. The number of pyridine rings is 1. The van der Waals surface area contributed by atoms with Crippen LogP contribution in [-0.2, 0) is 20.9 Å². The molecule has 1 aliphatic rings. The molecule has 1 atom stereocenters. The molecule has 1 amide bonds. The summed E-state index contributed by atoms with van der Waals surface area (Å²) in [5, 5.41) is 11.5. The molecule has 1 fully saturated rings. The zero-order valence-electron chi connectivity index (χ0n) is 22.9. The van der Waals surface area contributed by atoms with E-state index in [1.54, 1.807) is 87.8 Å². The maximum atomic E-state index is 13.4. The molecule has 1 unspecified atom stereocenters. The van der Waals surface area contributed by atoms with Gasteiger partial charge in [0.25, 0.3) is 11.7 Å². The zero-order valence-corrected chi connectivity index (χ0v) is 22.9. The predicted octanol–water partition coefficient (Wildman–Crippen LogP) is 5.07. The smallest absolute Gasteiger partial charge is 0.338 e. The first kappa shape index (κ1) is 28.4. The Hall–Kier alpha value is -4.66. The Labute approximate surface area is 233 Å². The standard InChI is InChI=1S/C31H32N2O7/c1-5-38-23-13-14-24(25(16-23)39-6-2)28(34)26-27(22-8-7-15-32-17-22)33(30(36)29(26)35)18-20-9-11-21(12-10-20)31(37)40-19(3)4/h7-17,19,27,34H,5-6,18H2,1-4H3/b28-26-. The summed E-state index contributed by atoms with van der Waals surface area (Å²) in [6.45, 7) is 8.02. The molecule has 1 aliphatic heterocycles. The molecule has 3 aromatic rings. The maximum absolute atomic E-state index is 13.4. The number of ether oxygens (including phenoxy) is 3. The number of nitrogens with zero attached hydrogens (tertiary/aromatic N) is 2. The number of carbonyl (C=O) groups excluding carboxylic acids is 3. The normalized spacial score (nSPS) is 16.3. The first-order chi connectivity index (χ1) is 19.2. The lowest BCUT2D eigenvalue weighted by Gasteiger charge is -2.25. The summed E-state index contributed by atoms with van der Waals surface area (Å²) in [5.41, 5.74) is 1.82. The summed E-state index contributed by atoms with van der Waals surface area (Å²) in [5.74, 6) is -1.51. The highest BCUT2D eigenvalue weighted by Crippen LogP contribution is 2.42. The van der Waals surface area contributed by atoms with Crippen LogP contribution in [0.1, 0.15) is 60.8 Å². The highest BCUT2D eigenvalue weighted by Gasteiger charge is 2.46. The molecular weight excluding hydrogens is 512 g/mol. The van der Waals surface area contributed by atoms with Crippen LogP contribution in [0.25, 0.3) is 5.76 Å². The van der Waals surface area contributed by atoms with Crippen LogP contribution in [0.5, 0.6) is 11.5 Å². The molecule has 0 spiro atoms. The molecule has 2 heterocycles. The summed E-state index contributed by atoms with van der Waals surface area (Å²) < 4.78 is 16.6.